The smallest absolute Gasteiger partial charge is 0.263 e. The maximum absolute atomic E-state index is 13.1. The van der Waals surface area contributed by atoms with E-state index in [0.29, 0.717) is 11.8 Å². The van der Waals surface area contributed by atoms with Crippen LogP contribution in [0.4, 0.5) is 5.69 Å². The van der Waals surface area contributed by atoms with E-state index in [0.717, 1.165) is 47.5 Å². The summed E-state index contributed by atoms with van der Waals surface area (Å²) >= 11 is 1.78. The van der Waals surface area contributed by atoms with E-state index in [-0.39, 0.29) is 17.0 Å². The number of rotatable bonds is 1. The number of fused-ring (bicyclic) bond motifs is 2. The zero-order chi connectivity index (χ0) is 16.7. The minimum absolute atomic E-state index is 0.191. The Morgan fingerprint density at radius 1 is 1.25 bits per heavy atom. The van der Waals surface area contributed by atoms with Gasteiger partial charge >= 0.3 is 0 Å². The molecule has 1 aromatic heterocycles. The molecule has 5 heteroatoms. The number of carbonyl (C=O) groups is 1. The average molecular weight is 340 g/mol. The minimum Gasteiger partial charge on any atom is -0.325 e. The normalized spacial score (nSPS) is 19.5. The topological polar surface area (TPSA) is 53.2 Å². The van der Waals surface area contributed by atoms with E-state index in [4.69, 9.17) is 0 Å². The van der Waals surface area contributed by atoms with Gasteiger partial charge in [-0.25, -0.2) is 0 Å². The molecule has 1 atom stereocenters. The molecule has 1 amide bonds. The number of H-pyrrole nitrogens is 1. The number of hydrogen-bond acceptors (Lipinski definition) is 3. The van der Waals surface area contributed by atoms with Gasteiger partial charge in [0.2, 0.25) is 0 Å². The van der Waals surface area contributed by atoms with Crippen molar-refractivity contribution >= 4 is 23.4 Å². The van der Waals surface area contributed by atoms with E-state index in [1.807, 2.05) is 30.3 Å². The highest BCUT2D eigenvalue weighted by atomic mass is 32.2. The van der Waals surface area contributed by atoms with Crippen LogP contribution >= 0.6 is 11.8 Å². The lowest BCUT2D eigenvalue weighted by Gasteiger charge is -2.32. The number of nitrogens with one attached hydrogen (secondary N) is 1. The van der Waals surface area contributed by atoms with E-state index in [1.165, 1.54) is 0 Å². The lowest BCUT2D eigenvalue weighted by Crippen LogP contribution is -2.41. The van der Waals surface area contributed by atoms with Crippen molar-refractivity contribution in [1.82, 2.24) is 4.98 Å². The summed E-state index contributed by atoms with van der Waals surface area (Å²) in [5.74, 6) is -0.191. The van der Waals surface area contributed by atoms with Crippen LogP contribution in [-0.4, -0.2) is 22.7 Å². The molecular weight excluding hydrogens is 320 g/mol. The number of benzene rings is 1. The number of anilines is 1. The predicted molar refractivity (Wildman–Crippen MR) is 97.1 cm³/mol. The second kappa shape index (κ2) is 6.13. The molecule has 2 aromatic rings. The van der Waals surface area contributed by atoms with Crippen LogP contribution in [0.15, 0.2) is 40.0 Å². The highest BCUT2D eigenvalue weighted by Crippen LogP contribution is 2.38. The maximum Gasteiger partial charge on any atom is 0.263 e. The number of aromatic nitrogens is 1. The first-order chi connectivity index (χ1) is 11.6. The van der Waals surface area contributed by atoms with E-state index < -0.39 is 0 Å². The molecule has 0 saturated heterocycles. The molecule has 0 bridgehead atoms. The Labute approximate surface area is 145 Å². The van der Waals surface area contributed by atoms with Crippen molar-refractivity contribution in [3.63, 3.8) is 0 Å². The Kier molecular flexibility index (Phi) is 3.96. The second-order valence-electron chi connectivity index (χ2n) is 6.53. The van der Waals surface area contributed by atoms with Crippen molar-refractivity contribution in [2.24, 2.45) is 0 Å². The Morgan fingerprint density at radius 2 is 2.04 bits per heavy atom. The van der Waals surface area contributed by atoms with Gasteiger partial charge in [-0.1, -0.05) is 19.1 Å². The van der Waals surface area contributed by atoms with E-state index in [9.17, 15) is 9.59 Å². The number of hydrogen-bond donors (Lipinski definition) is 1. The maximum atomic E-state index is 13.1. The fraction of sp³-hybridized carbons (Fsp3) is 0.368. The minimum atomic E-state index is -0.260. The van der Waals surface area contributed by atoms with Gasteiger partial charge in [-0.05, 0) is 49.4 Å². The lowest BCUT2D eigenvalue weighted by molar-refractivity contribution is 0.0984. The van der Waals surface area contributed by atoms with Crippen LogP contribution in [0.2, 0.25) is 0 Å². The molecule has 1 aromatic carbocycles. The summed E-state index contributed by atoms with van der Waals surface area (Å²) in [5, 5.41) is 0.306. The van der Waals surface area contributed by atoms with Gasteiger partial charge in [0.1, 0.15) is 5.56 Å². The predicted octanol–water partition coefficient (Wildman–Crippen LogP) is 3.39. The first kappa shape index (κ1) is 15.5. The van der Waals surface area contributed by atoms with Crippen molar-refractivity contribution < 1.29 is 4.79 Å². The highest BCUT2D eigenvalue weighted by Gasteiger charge is 2.29. The molecule has 0 radical (unpaired) electrons. The number of carbonyl (C=O) groups excluding carboxylic acids is 1. The monoisotopic (exact) mass is 340 g/mol. The van der Waals surface area contributed by atoms with Crippen LogP contribution in [0, 0.1) is 0 Å². The van der Waals surface area contributed by atoms with Gasteiger partial charge in [-0.2, -0.15) is 0 Å². The van der Waals surface area contributed by atoms with Gasteiger partial charge < -0.3 is 9.88 Å². The van der Waals surface area contributed by atoms with Crippen LogP contribution in [0.3, 0.4) is 0 Å². The molecule has 1 aliphatic carbocycles. The molecule has 0 fully saturated rings. The van der Waals surface area contributed by atoms with Gasteiger partial charge in [0.15, 0.2) is 0 Å². The largest absolute Gasteiger partial charge is 0.325 e. The number of aromatic amines is 1. The number of pyridine rings is 1. The molecule has 2 heterocycles. The Morgan fingerprint density at radius 3 is 2.92 bits per heavy atom. The zero-order valence-corrected chi connectivity index (χ0v) is 14.5. The number of amides is 1. The Balaban J connectivity index is 1.76. The quantitative estimate of drug-likeness (QED) is 0.866. The standard InChI is InChI=1S/C19H20N2O2S/c1-12-11-21(16-8-4-5-9-17(16)24-12)19(23)14-10-13-6-2-3-7-15(13)20-18(14)22/h4-5,8-10,12H,2-3,6-7,11H2,1H3,(H,20,22)/t12-/m1/s1. The van der Waals surface area contributed by atoms with Crippen LogP contribution in [0.25, 0.3) is 0 Å². The summed E-state index contributed by atoms with van der Waals surface area (Å²) in [7, 11) is 0. The summed E-state index contributed by atoms with van der Waals surface area (Å²) in [6.07, 6.45) is 4.06. The molecule has 4 rings (SSSR count). The summed E-state index contributed by atoms with van der Waals surface area (Å²) in [6, 6.07) is 9.74. The lowest BCUT2D eigenvalue weighted by atomic mass is 9.95. The highest BCUT2D eigenvalue weighted by molar-refractivity contribution is 8.00. The van der Waals surface area contributed by atoms with Crippen molar-refractivity contribution in [3.8, 4) is 0 Å². The first-order valence-corrected chi connectivity index (χ1v) is 9.34. The molecule has 0 saturated carbocycles. The zero-order valence-electron chi connectivity index (χ0n) is 13.7. The van der Waals surface area contributed by atoms with Crippen molar-refractivity contribution in [1.29, 1.82) is 0 Å². The Bertz CT molecular complexity index is 859. The van der Waals surface area contributed by atoms with E-state index >= 15 is 0 Å². The number of para-hydroxylation sites is 1. The summed E-state index contributed by atoms with van der Waals surface area (Å²) in [6.45, 7) is 2.73. The second-order valence-corrected chi connectivity index (χ2v) is 8.02. The van der Waals surface area contributed by atoms with Crippen LogP contribution < -0.4 is 10.5 Å². The molecule has 24 heavy (non-hydrogen) atoms. The first-order valence-electron chi connectivity index (χ1n) is 8.46. The summed E-state index contributed by atoms with van der Waals surface area (Å²) < 4.78 is 0. The van der Waals surface area contributed by atoms with Gasteiger partial charge in [0.25, 0.3) is 11.5 Å². The molecule has 1 aliphatic heterocycles. The molecule has 4 nitrogen and oxygen atoms in total. The van der Waals surface area contributed by atoms with Crippen molar-refractivity contribution in [2.75, 3.05) is 11.4 Å². The third kappa shape index (κ3) is 2.67. The molecule has 0 unspecified atom stereocenters. The average Bonchev–Trinajstić information content (AvgIpc) is 2.59. The van der Waals surface area contributed by atoms with E-state index in [1.54, 1.807) is 16.7 Å². The van der Waals surface area contributed by atoms with Gasteiger partial charge in [0.05, 0.1) is 5.69 Å². The van der Waals surface area contributed by atoms with Crippen molar-refractivity contribution in [3.05, 3.63) is 57.5 Å². The number of thioether (sulfide) groups is 1. The molecule has 2 aliphatic rings. The molecule has 0 spiro atoms. The van der Waals surface area contributed by atoms with Crippen LogP contribution in [-0.2, 0) is 12.8 Å². The number of aryl methyl sites for hydroxylation is 2. The van der Waals surface area contributed by atoms with E-state index in [2.05, 4.69) is 11.9 Å². The van der Waals surface area contributed by atoms with Crippen LogP contribution in [0.5, 0.6) is 0 Å². The summed E-state index contributed by atoms with van der Waals surface area (Å²) in [5.41, 5.74) is 3.04. The van der Waals surface area contributed by atoms with Gasteiger partial charge in [-0.15, -0.1) is 11.8 Å². The fourth-order valence-electron chi connectivity index (χ4n) is 3.56. The third-order valence-corrected chi connectivity index (χ3v) is 5.89. The van der Waals surface area contributed by atoms with Gasteiger partial charge in [0, 0.05) is 22.4 Å². The third-order valence-electron chi connectivity index (χ3n) is 4.74. The Hall–Kier alpha value is -2.01. The van der Waals surface area contributed by atoms with Crippen LogP contribution in [0.1, 0.15) is 41.4 Å². The number of nitrogens with zero attached hydrogens (tertiary/aromatic N) is 1. The molecular formula is C19H20N2O2S. The van der Waals surface area contributed by atoms with Gasteiger partial charge in [-0.3, -0.25) is 9.59 Å². The molecule has 124 valence electrons. The fourth-order valence-corrected chi connectivity index (χ4v) is 4.67. The summed E-state index contributed by atoms with van der Waals surface area (Å²) in [4.78, 5) is 31.4. The molecule has 1 N–H and O–H groups in total. The SMILES string of the molecule is C[C@@H]1CN(C(=O)c2cc3c([nH]c2=O)CCCC3)c2ccccc2S1. The van der Waals surface area contributed by atoms with Crippen molar-refractivity contribution in [2.45, 2.75) is 42.8 Å².